The molecule has 92 valence electrons. The molecule has 5 heteroatoms. The Morgan fingerprint density at radius 2 is 2.29 bits per heavy atom. The van der Waals surface area contributed by atoms with Crippen LogP contribution in [0.15, 0.2) is 18.2 Å². The number of carbonyl (C=O) groups excluding carboxylic acids is 1. The summed E-state index contributed by atoms with van der Waals surface area (Å²) in [7, 11) is 1.70. The lowest BCUT2D eigenvalue weighted by Crippen LogP contribution is -2.34. The lowest BCUT2D eigenvalue weighted by Gasteiger charge is -2.17. The zero-order valence-corrected chi connectivity index (χ0v) is 9.61. The molecule has 1 aromatic carbocycles. The molecule has 1 heterocycles. The van der Waals surface area contributed by atoms with Crippen molar-refractivity contribution in [2.24, 2.45) is 0 Å². The van der Waals surface area contributed by atoms with Gasteiger partial charge in [-0.2, -0.15) is 0 Å². The number of nitrogens with one attached hydrogen (secondary N) is 1. The third kappa shape index (κ3) is 2.03. The van der Waals surface area contributed by atoms with Gasteiger partial charge < -0.3 is 15.3 Å². The molecule has 0 aromatic heterocycles. The van der Waals surface area contributed by atoms with Gasteiger partial charge >= 0.3 is 0 Å². The molecule has 2 rings (SSSR count). The minimum Gasteiger partial charge on any atom is -0.396 e. The maximum Gasteiger partial charge on any atom is 0.248 e. The molecule has 2 N–H and O–H groups in total. The van der Waals surface area contributed by atoms with Gasteiger partial charge in [-0.15, -0.1) is 0 Å². The molecule has 0 saturated heterocycles. The van der Waals surface area contributed by atoms with Crippen LogP contribution < -0.4 is 10.2 Å². The summed E-state index contributed by atoms with van der Waals surface area (Å²) >= 11 is 0. The molecule has 1 unspecified atom stereocenters. The standard InChI is InChI=1S/C12H15FN2O2/c1-14-11-9-4-3-8(13)7-10(9)15(12(11)17)5-2-6-16/h3-4,7,11,14,16H,2,5-6H2,1H3. The third-order valence-electron chi connectivity index (χ3n) is 2.94. The fourth-order valence-electron chi connectivity index (χ4n) is 2.14. The van der Waals surface area contributed by atoms with Crippen molar-refractivity contribution in [2.75, 3.05) is 25.1 Å². The second kappa shape index (κ2) is 4.81. The maximum atomic E-state index is 13.2. The molecule has 1 aromatic rings. The zero-order chi connectivity index (χ0) is 12.4. The highest BCUT2D eigenvalue weighted by Crippen LogP contribution is 2.36. The van der Waals surface area contributed by atoms with E-state index in [0.717, 1.165) is 5.56 Å². The Bertz CT molecular complexity index is 437. The molecule has 17 heavy (non-hydrogen) atoms. The van der Waals surface area contributed by atoms with Crippen LogP contribution in [-0.2, 0) is 4.79 Å². The average molecular weight is 238 g/mol. The first-order valence-electron chi connectivity index (χ1n) is 5.58. The summed E-state index contributed by atoms with van der Waals surface area (Å²) < 4.78 is 13.2. The summed E-state index contributed by atoms with van der Waals surface area (Å²) in [6.45, 7) is 0.419. The monoisotopic (exact) mass is 238 g/mol. The van der Waals surface area contributed by atoms with Gasteiger partial charge in [0.1, 0.15) is 11.9 Å². The first-order chi connectivity index (χ1) is 8.19. The van der Waals surface area contributed by atoms with Gasteiger partial charge in [0.05, 0.1) is 5.69 Å². The van der Waals surface area contributed by atoms with Crippen molar-refractivity contribution in [2.45, 2.75) is 12.5 Å². The van der Waals surface area contributed by atoms with Crippen LogP contribution in [0.25, 0.3) is 0 Å². The topological polar surface area (TPSA) is 52.6 Å². The lowest BCUT2D eigenvalue weighted by molar-refractivity contribution is -0.119. The van der Waals surface area contributed by atoms with Crippen molar-refractivity contribution in [3.8, 4) is 0 Å². The largest absolute Gasteiger partial charge is 0.396 e. The minimum absolute atomic E-state index is 0.0125. The van der Waals surface area contributed by atoms with Crippen LogP contribution in [0, 0.1) is 5.82 Å². The number of hydrogen-bond acceptors (Lipinski definition) is 3. The highest BCUT2D eigenvalue weighted by atomic mass is 19.1. The smallest absolute Gasteiger partial charge is 0.248 e. The molecule has 0 bridgehead atoms. The first kappa shape index (κ1) is 12.0. The molecule has 0 saturated carbocycles. The molecule has 1 atom stereocenters. The second-order valence-corrected chi connectivity index (χ2v) is 3.99. The van der Waals surface area contributed by atoms with Crippen molar-refractivity contribution in [3.05, 3.63) is 29.6 Å². The number of likely N-dealkylation sites (N-methyl/N-ethyl adjacent to an activating group) is 1. The molecule has 4 nitrogen and oxygen atoms in total. The molecule has 0 aliphatic carbocycles. The van der Waals surface area contributed by atoms with Crippen LogP contribution in [-0.4, -0.2) is 31.2 Å². The Morgan fingerprint density at radius 1 is 1.53 bits per heavy atom. The quantitative estimate of drug-likeness (QED) is 0.816. The van der Waals surface area contributed by atoms with Crippen molar-refractivity contribution >= 4 is 11.6 Å². The second-order valence-electron chi connectivity index (χ2n) is 3.99. The number of fused-ring (bicyclic) bond motifs is 1. The molecule has 0 radical (unpaired) electrons. The average Bonchev–Trinajstić information content (AvgIpc) is 2.58. The van der Waals surface area contributed by atoms with E-state index < -0.39 is 6.04 Å². The van der Waals surface area contributed by atoms with Crippen molar-refractivity contribution in [1.82, 2.24) is 5.32 Å². The molecule has 1 aliphatic heterocycles. The van der Waals surface area contributed by atoms with Crippen LogP contribution in [0.2, 0.25) is 0 Å². The molecule has 0 fully saturated rings. The summed E-state index contributed by atoms with van der Waals surface area (Å²) in [6, 6.07) is 3.93. The van der Waals surface area contributed by atoms with E-state index in [9.17, 15) is 9.18 Å². The Morgan fingerprint density at radius 3 is 2.94 bits per heavy atom. The highest BCUT2D eigenvalue weighted by Gasteiger charge is 2.35. The van der Waals surface area contributed by atoms with Gasteiger partial charge in [-0.25, -0.2) is 4.39 Å². The predicted octanol–water partition coefficient (Wildman–Crippen LogP) is 0.815. The number of aliphatic hydroxyl groups is 1. The van der Waals surface area contributed by atoms with Crippen molar-refractivity contribution in [1.29, 1.82) is 0 Å². The van der Waals surface area contributed by atoms with Gasteiger partial charge in [0.15, 0.2) is 0 Å². The summed E-state index contributed by atoms with van der Waals surface area (Å²) in [5.74, 6) is -0.455. The van der Waals surface area contributed by atoms with Gasteiger partial charge in [-0.3, -0.25) is 4.79 Å². The number of halogens is 1. The van der Waals surface area contributed by atoms with E-state index in [1.54, 1.807) is 13.1 Å². The number of rotatable bonds is 4. The molecule has 0 spiro atoms. The van der Waals surface area contributed by atoms with E-state index >= 15 is 0 Å². The number of carbonyl (C=O) groups is 1. The van der Waals surface area contributed by atoms with Gasteiger partial charge in [-0.1, -0.05) is 6.07 Å². The number of benzene rings is 1. The van der Waals surface area contributed by atoms with E-state index in [1.165, 1.54) is 17.0 Å². The number of amides is 1. The molecule has 1 amide bonds. The first-order valence-corrected chi connectivity index (χ1v) is 5.58. The number of nitrogens with zero attached hydrogens (tertiary/aromatic N) is 1. The van der Waals surface area contributed by atoms with E-state index in [-0.39, 0.29) is 18.3 Å². The Hall–Kier alpha value is -1.46. The van der Waals surface area contributed by atoms with Crippen LogP contribution in [0.1, 0.15) is 18.0 Å². The number of hydrogen-bond donors (Lipinski definition) is 2. The minimum atomic E-state index is -0.413. The molecular weight excluding hydrogens is 223 g/mol. The van der Waals surface area contributed by atoms with E-state index in [1.807, 2.05) is 0 Å². The van der Waals surface area contributed by atoms with Crippen molar-refractivity contribution in [3.63, 3.8) is 0 Å². The summed E-state index contributed by atoms with van der Waals surface area (Å²) in [5.41, 5.74) is 1.39. The van der Waals surface area contributed by atoms with Crippen LogP contribution >= 0.6 is 0 Å². The van der Waals surface area contributed by atoms with Crippen LogP contribution in [0.4, 0.5) is 10.1 Å². The third-order valence-corrected chi connectivity index (χ3v) is 2.94. The van der Waals surface area contributed by atoms with Crippen LogP contribution in [0.5, 0.6) is 0 Å². The van der Waals surface area contributed by atoms with Gasteiger partial charge in [0, 0.05) is 18.7 Å². The van der Waals surface area contributed by atoms with E-state index in [4.69, 9.17) is 5.11 Å². The predicted molar refractivity (Wildman–Crippen MR) is 62.3 cm³/mol. The van der Waals surface area contributed by atoms with Crippen LogP contribution in [0.3, 0.4) is 0 Å². The Balaban J connectivity index is 2.37. The van der Waals surface area contributed by atoms with E-state index in [2.05, 4.69) is 5.32 Å². The maximum absolute atomic E-state index is 13.2. The number of anilines is 1. The van der Waals surface area contributed by atoms with Gasteiger partial charge in [-0.05, 0) is 25.6 Å². The lowest BCUT2D eigenvalue weighted by atomic mass is 10.1. The SMILES string of the molecule is CNC1C(=O)N(CCCO)c2cc(F)ccc21. The molecular formula is C12H15FN2O2. The van der Waals surface area contributed by atoms with Gasteiger partial charge in [0.2, 0.25) is 5.91 Å². The fraction of sp³-hybridized carbons (Fsp3) is 0.417. The summed E-state index contributed by atoms with van der Waals surface area (Å²) in [5, 5.41) is 11.7. The van der Waals surface area contributed by atoms with E-state index in [0.29, 0.717) is 18.7 Å². The summed E-state index contributed by atoms with van der Waals surface area (Å²) in [6.07, 6.45) is 0.484. The zero-order valence-electron chi connectivity index (χ0n) is 9.61. The normalized spacial score (nSPS) is 18.6. The number of aliphatic hydroxyl groups excluding tert-OH is 1. The Labute approximate surface area is 99.0 Å². The molecule has 1 aliphatic rings. The van der Waals surface area contributed by atoms with Gasteiger partial charge in [0.25, 0.3) is 0 Å². The van der Waals surface area contributed by atoms with Crippen molar-refractivity contribution < 1.29 is 14.3 Å². The fourth-order valence-corrected chi connectivity index (χ4v) is 2.14. The Kier molecular flexibility index (Phi) is 3.40. The highest BCUT2D eigenvalue weighted by molar-refractivity contribution is 6.04. The summed E-state index contributed by atoms with van der Waals surface area (Å²) in [4.78, 5) is 13.6.